The van der Waals surface area contributed by atoms with E-state index in [1.165, 1.54) is 11.8 Å². The summed E-state index contributed by atoms with van der Waals surface area (Å²) in [4.78, 5) is 89.5. The molecule has 5 atom stereocenters. The molecule has 17 nitrogen and oxygen atoms in total. The molecule has 0 aliphatic heterocycles. The van der Waals surface area contributed by atoms with E-state index in [9.17, 15) is 43.8 Å². The number of carbonyl (C=O) groups is 7. The number of carboxylic acids is 2. The normalized spacial score (nSPS) is 14.2. The number of amides is 5. The number of rotatable bonds is 20. The molecule has 2 aromatic rings. The highest BCUT2D eigenvalue weighted by molar-refractivity contribution is 7.98. The number of para-hydroxylation sites is 1. The predicted molar refractivity (Wildman–Crippen MR) is 166 cm³/mol. The van der Waals surface area contributed by atoms with Gasteiger partial charge in [-0.05, 0) is 42.9 Å². The molecule has 0 saturated carbocycles. The van der Waals surface area contributed by atoms with Crippen molar-refractivity contribution in [1.29, 1.82) is 0 Å². The number of benzene rings is 1. The minimum Gasteiger partial charge on any atom is -0.481 e. The molecule has 18 heteroatoms. The lowest BCUT2D eigenvalue weighted by atomic mass is 10.0. The second-order valence-electron chi connectivity index (χ2n) is 10.3. The zero-order valence-corrected chi connectivity index (χ0v) is 25.8. The summed E-state index contributed by atoms with van der Waals surface area (Å²) in [5, 5.41) is 37.6. The van der Waals surface area contributed by atoms with Crippen LogP contribution in [0.1, 0.15) is 31.2 Å². The standard InChI is InChI=1S/C28H39N7O10S/c1-46-9-8-19(26(42)34-20(11-22(30)37)27(43)35-21(13-36)28(44)45)33-25(41)18(6-7-23(38)39)32-24(40)16(29)10-14-12-31-17-5-3-2-4-15(14)17/h2-5,12,16,18-21,31,36H,6-11,13,29H2,1H3,(H2,30,37)(H,32,40)(H,33,41)(H,34,42)(H,35,43)(H,38,39)(H,44,45)/t16-,18-,19-,20-,21-/m0/s1. The van der Waals surface area contributed by atoms with Crippen molar-refractivity contribution in [2.45, 2.75) is 62.3 Å². The topological polar surface area (TPSA) is 296 Å². The van der Waals surface area contributed by atoms with Gasteiger partial charge in [0.15, 0.2) is 0 Å². The van der Waals surface area contributed by atoms with Crippen molar-refractivity contribution >= 4 is 64.1 Å². The quantitative estimate of drug-likeness (QED) is 0.0705. The number of aliphatic carboxylic acids is 2. The third-order valence-corrected chi connectivity index (χ3v) is 7.45. The van der Waals surface area contributed by atoms with Gasteiger partial charge in [0.1, 0.15) is 24.2 Å². The van der Waals surface area contributed by atoms with Crippen LogP contribution in [0.5, 0.6) is 0 Å². The SMILES string of the molecule is CSCC[C@H](NC(=O)[C@H](CCC(=O)O)NC(=O)[C@@H](N)Cc1c[nH]c2ccccc12)C(=O)N[C@@H](CC(N)=O)C(=O)N[C@@H](CO)C(=O)O. The molecule has 0 spiro atoms. The third kappa shape index (κ3) is 11.7. The molecule has 252 valence electrons. The number of aromatic nitrogens is 1. The zero-order chi connectivity index (χ0) is 34.4. The molecule has 0 unspecified atom stereocenters. The number of hydrogen-bond donors (Lipinski definition) is 10. The Hall–Kier alpha value is -4.68. The second-order valence-corrected chi connectivity index (χ2v) is 11.3. The summed E-state index contributed by atoms with van der Waals surface area (Å²) < 4.78 is 0. The van der Waals surface area contributed by atoms with Crippen LogP contribution in [0.3, 0.4) is 0 Å². The monoisotopic (exact) mass is 665 g/mol. The van der Waals surface area contributed by atoms with Gasteiger partial charge in [0.05, 0.1) is 19.1 Å². The molecule has 1 heterocycles. The van der Waals surface area contributed by atoms with Crippen LogP contribution in [0, 0.1) is 0 Å². The summed E-state index contributed by atoms with van der Waals surface area (Å²) in [6.07, 6.45) is 1.97. The van der Waals surface area contributed by atoms with Crippen LogP contribution in [-0.4, -0.2) is 111 Å². The number of nitrogens with one attached hydrogen (secondary N) is 5. The Kier molecular flexibility index (Phi) is 14.9. The Morgan fingerprint density at radius 2 is 1.41 bits per heavy atom. The lowest BCUT2D eigenvalue weighted by Crippen LogP contribution is -2.59. The Morgan fingerprint density at radius 3 is 2.00 bits per heavy atom. The molecular formula is C28H39N7O10S. The summed E-state index contributed by atoms with van der Waals surface area (Å²) in [6.45, 7) is -0.973. The number of primary amides is 1. The fraction of sp³-hybridized carbons (Fsp3) is 0.464. The number of aliphatic hydroxyl groups is 1. The largest absolute Gasteiger partial charge is 0.481 e. The average Bonchev–Trinajstić information content (AvgIpc) is 3.41. The molecule has 0 aliphatic rings. The predicted octanol–water partition coefficient (Wildman–Crippen LogP) is -2.45. The van der Waals surface area contributed by atoms with Gasteiger partial charge in [0, 0.05) is 23.5 Å². The molecular weight excluding hydrogens is 626 g/mol. The number of H-pyrrole nitrogens is 1. The molecule has 0 bridgehead atoms. The first-order valence-corrected chi connectivity index (χ1v) is 15.5. The fourth-order valence-electron chi connectivity index (χ4n) is 4.36. The minimum absolute atomic E-state index is 0.0116. The summed E-state index contributed by atoms with van der Waals surface area (Å²) >= 11 is 1.32. The van der Waals surface area contributed by atoms with E-state index in [0.29, 0.717) is 5.75 Å². The highest BCUT2D eigenvalue weighted by Crippen LogP contribution is 2.19. The summed E-state index contributed by atoms with van der Waals surface area (Å²) in [5.41, 5.74) is 12.9. The van der Waals surface area contributed by atoms with Crippen LogP contribution >= 0.6 is 11.8 Å². The summed E-state index contributed by atoms with van der Waals surface area (Å²) in [5.74, 6) is -7.21. The molecule has 2 rings (SSSR count). The van der Waals surface area contributed by atoms with E-state index in [2.05, 4.69) is 20.9 Å². The van der Waals surface area contributed by atoms with Crippen molar-refractivity contribution in [2.75, 3.05) is 18.6 Å². The van der Waals surface area contributed by atoms with Gasteiger partial charge in [0.2, 0.25) is 29.5 Å². The van der Waals surface area contributed by atoms with Crippen molar-refractivity contribution in [3.8, 4) is 0 Å². The number of nitrogens with two attached hydrogens (primary N) is 2. The molecule has 0 aliphatic carbocycles. The third-order valence-electron chi connectivity index (χ3n) is 6.81. The van der Waals surface area contributed by atoms with Gasteiger partial charge in [0.25, 0.3) is 0 Å². The number of carbonyl (C=O) groups excluding carboxylic acids is 5. The van der Waals surface area contributed by atoms with Gasteiger partial charge in [-0.1, -0.05) is 18.2 Å². The van der Waals surface area contributed by atoms with Gasteiger partial charge in [-0.25, -0.2) is 4.79 Å². The van der Waals surface area contributed by atoms with Crippen molar-refractivity contribution in [3.05, 3.63) is 36.0 Å². The van der Waals surface area contributed by atoms with Crippen molar-refractivity contribution in [3.63, 3.8) is 0 Å². The van der Waals surface area contributed by atoms with Crippen molar-refractivity contribution < 1.29 is 48.9 Å². The van der Waals surface area contributed by atoms with E-state index >= 15 is 0 Å². The van der Waals surface area contributed by atoms with Crippen LogP contribution in [0.25, 0.3) is 10.9 Å². The van der Waals surface area contributed by atoms with E-state index < -0.39 is 91.1 Å². The highest BCUT2D eigenvalue weighted by Gasteiger charge is 2.32. The second kappa shape index (κ2) is 18.3. The van der Waals surface area contributed by atoms with E-state index in [1.807, 2.05) is 29.6 Å². The minimum atomic E-state index is -1.73. The molecule has 0 radical (unpaired) electrons. The number of aromatic amines is 1. The van der Waals surface area contributed by atoms with Crippen LogP contribution in [-0.2, 0) is 40.0 Å². The maximum absolute atomic E-state index is 13.3. The van der Waals surface area contributed by atoms with E-state index in [1.54, 1.807) is 12.5 Å². The molecule has 1 aromatic heterocycles. The van der Waals surface area contributed by atoms with Crippen molar-refractivity contribution in [2.24, 2.45) is 11.5 Å². The van der Waals surface area contributed by atoms with Crippen LogP contribution in [0.15, 0.2) is 30.5 Å². The number of aliphatic hydroxyl groups excluding tert-OH is 1. The summed E-state index contributed by atoms with van der Waals surface area (Å²) in [6, 6.07) is 0.126. The van der Waals surface area contributed by atoms with Crippen LogP contribution in [0.4, 0.5) is 0 Å². The van der Waals surface area contributed by atoms with Crippen LogP contribution < -0.4 is 32.7 Å². The molecule has 12 N–H and O–H groups in total. The van der Waals surface area contributed by atoms with Crippen molar-refractivity contribution in [1.82, 2.24) is 26.3 Å². The molecule has 0 fully saturated rings. The Morgan fingerprint density at radius 1 is 0.848 bits per heavy atom. The smallest absolute Gasteiger partial charge is 0.328 e. The van der Waals surface area contributed by atoms with Gasteiger partial charge in [-0.15, -0.1) is 0 Å². The van der Waals surface area contributed by atoms with Gasteiger partial charge < -0.3 is 53.0 Å². The Bertz CT molecular complexity index is 1420. The number of hydrogen-bond acceptors (Lipinski definition) is 10. The first kappa shape index (κ1) is 37.5. The molecule has 1 aromatic carbocycles. The van der Waals surface area contributed by atoms with Gasteiger partial charge in [-0.3, -0.25) is 28.8 Å². The lowest BCUT2D eigenvalue weighted by Gasteiger charge is -2.26. The molecule has 5 amide bonds. The number of thioether (sulfide) groups is 1. The molecule has 46 heavy (non-hydrogen) atoms. The Labute approximate surface area is 267 Å². The van der Waals surface area contributed by atoms with E-state index in [-0.39, 0.29) is 19.3 Å². The highest BCUT2D eigenvalue weighted by atomic mass is 32.2. The summed E-state index contributed by atoms with van der Waals surface area (Å²) in [7, 11) is 0. The first-order chi connectivity index (χ1) is 21.8. The fourth-order valence-corrected chi connectivity index (χ4v) is 4.83. The van der Waals surface area contributed by atoms with E-state index in [0.717, 1.165) is 16.5 Å². The molecule has 0 saturated heterocycles. The zero-order valence-electron chi connectivity index (χ0n) is 25.0. The van der Waals surface area contributed by atoms with Gasteiger partial charge in [-0.2, -0.15) is 11.8 Å². The number of carboxylic acid groups (broad SMARTS) is 2. The average molecular weight is 666 g/mol. The maximum Gasteiger partial charge on any atom is 0.328 e. The van der Waals surface area contributed by atoms with E-state index in [4.69, 9.17) is 16.6 Å². The van der Waals surface area contributed by atoms with Gasteiger partial charge >= 0.3 is 11.9 Å². The maximum atomic E-state index is 13.3. The lowest BCUT2D eigenvalue weighted by molar-refractivity contribution is -0.143. The van der Waals surface area contributed by atoms with Crippen LogP contribution in [0.2, 0.25) is 0 Å². The number of fused-ring (bicyclic) bond motifs is 1. The first-order valence-electron chi connectivity index (χ1n) is 14.1. The Balaban J connectivity index is 2.20.